The highest BCUT2D eigenvalue weighted by Gasteiger charge is 2.15. The van der Waals surface area contributed by atoms with Crippen molar-refractivity contribution < 1.29 is 5.21 Å². The van der Waals surface area contributed by atoms with Crippen LogP contribution in [0.5, 0.6) is 0 Å². The highest BCUT2D eigenvalue weighted by atomic mass is 16.4. The van der Waals surface area contributed by atoms with Gasteiger partial charge in [-0.25, -0.2) is 4.98 Å². The summed E-state index contributed by atoms with van der Waals surface area (Å²) in [6.07, 6.45) is 3.12. The Morgan fingerprint density at radius 1 is 1.45 bits per heavy atom. The van der Waals surface area contributed by atoms with Crippen LogP contribution < -0.4 is 16.2 Å². The molecule has 1 aromatic carbocycles. The summed E-state index contributed by atoms with van der Waals surface area (Å²) in [5.74, 6) is 0.230. The molecule has 0 unspecified atom stereocenters. The Labute approximate surface area is 115 Å². The third kappa shape index (κ3) is 2.33. The second-order valence-corrected chi connectivity index (χ2v) is 4.23. The van der Waals surface area contributed by atoms with Gasteiger partial charge in [0.2, 0.25) is 0 Å². The standard InChI is InChI=1S/C13H15N5O2/c1-17-8-7-15-12(13(17)19)18(2)10-6-4-3-5-9(10)11(14)16-20/h3-8,20H,1-2H3,(H2,14,16). The maximum absolute atomic E-state index is 12.1. The van der Waals surface area contributed by atoms with Crippen LogP contribution in [0.15, 0.2) is 46.6 Å². The molecule has 1 heterocycles. The van der Waals surface area contributed by atoms with Gasteiger partial charge in [-0.05, 0) is 12.1 Å². The first kappa shape index (κ1) is 13.6. The number of rotatable bonds is 3. The Balaban J connectivity index is 2.57. The first-order valence-electron chi connectivity index (χ1n) is 5.88. The minimum atomic E-state index is -0.232. The maximum atomic E-state index is 12.1. The fraction of sp³-hybridized carbons (Fsp3) is 0.154. The van der Waals surface area contributed by atoms with Gasteiger partial charge < -0.3 is 20.4 Å². The Morgan fingerprint density at radius 3 is 2.85 bits per heavy atom. The maximum Gasteiger partial charge on any atom is 0.293 e. The molecule has 0 atom stereocenters. The van der Waals surface area contributed by atoms with E-state index in [4.69, 9.17) is 10.9 Å². The van der Waals surface area contributed by atoms with Crippen LogP contribution in [0.25, 0.3) is 0 Å². The van der Waals surface area contributed by atoms with Gasteiger partial charge in [0.05, 0.1) is 5.69 Å². The number of aryl methyl sites for hydroxylation is 1. The van der Waals surface area contributed by atoms with Gasteiger partial charge in [-0.2, -0.15) is 0 Å². The van der Waals surface area contributed by atoms with E-state index in [2.05, 4.69) is 10.1 Å². The van der Waals surface area contributed by atoms with Crippen molar-refractivity contribution in [3.63, 3.8) is 0 Å². The SMILES string of the molecule is CN(c1ccccc1/C(N)=N/O)c1nccn(C)c1=O. The second kappa shape index (κ2) is 5.43. The molecule has 104 valence electrons. The van der Waals surface area contributed by atoms with Gasteiger partial charge in [0.15, 0.2) is 11.7 Å². The van der Waals surface area contributed by atoms with Crippen molar-refractivity contribution in [1.82, 2.24) is 9.55 Å². The average Bonchev–Trinajstić information content (AvgIpc) is 2.48. The van der Waals surface area contributed by atoms with Crippen LogP contribution in [0, 0.1) is 0 Å². The van der Waals surface area contributed by atoms with E-state index in [0.717, 1.165) is 0 Å². The van der Waals surface area contributed by atoms with Gasteiger partial charge in [0.25, 0.3) is 5.56 Å². The number of oxime groups is 1. The molecule has 1 aromatic heterocycles. The minimum absolute atomic E-state index is 0.0276. The molecule has 2 aromatic rings. The first-order chi connectivity index (χ1) is 9.56. The Bertz CT molecular complexity index is 708. The summed E-state index contributed by atoms with van der Waals surface area (Å²) in [7, 11) is 3.35. The zero-order valence-corrected chi connectivity index (χ0v) is 11.2. The van der Waals surface area contributed by atoms with Crippen LogP contribution in [0.3, 0.4) is 0 Å². The van der Waals surface area contributed by atoms with Crippen molar-refractivity contribution in [2.45, 2.75) is 0 Å². The molecule has 0 spiro atoms. The minimum Gasteiger partial charge on any atom is -0.409 e. The topological polar surface area (TPSA) is 96.7 Å². The zero-order valence-electron chi connectivity index (χ0n) is 11.2. The molecule has 20 heavy (non-hydrogen) atoms. The smallest absolute Gasteiger partial charge is 0.293 e. The molecule has 0 aliphatic heterocycles. The van der Waals surface area contributed by atoms with Crippen LogP contribution in [-0.4, -0.2) is 27.6 Å². The molecule has 7 heteroatoms. The predicted molar refractivity (Wildman–Crippen MR) is 76.5 cm³/mol. The molecule has 3 N–H and O–H groups in total. The Kier molecular flexibility index (Phi) is 3.69. The van der Waals surface area contributed by atoms with E-state index in [1.807, 2.05) is 0 Å². The lowest BCUT2D eigenvalue weighted by Gasteiger charge is -2.20. The Hall–Kier alpha value is -2.83. The summed E-state index contributed by atoms with van der Waals surface area (Å²) >= 11 is 0. The van der Waals surface area contributed by atoms with E-state index in [1.165, 1.54) is 4.57 Å². The van der Waals surface area contributed by atoms with Gasteiger partial charge in [-0.15, -0.1) is 0 Å². The molecule has 0 radical (unpaired) electrons. The highest BCUT2D eigenvalue weighted by molar-refractivity contribution is 6.02. The number of anilines is 2. The fourth-order valence-electron chi connectivity index (χ4n) is 1.87. The predicted octanol–water partition coefficient (Wildman–Crippen LogP) is 0.643. The van der Waals surface area contributed by atoms with Crippen molar-refractivity contribution in [2.24, 2.45) is 17.9 Å². The molecule has 0 aliphatic rings. The molecule has 0 saturated carbocycles. The van der Waals surface area contributed by atoms with Crippen LogP contribution in [-0.2, 0) is 7.05 Å². The molecule has 0 amide bonds. The molecule has 7 nitrogen and oxygen atoms in total. The monoisotopic (exact) mass is 273 g/mol. The number of nitrogens with two attached hydrogens (primary N) is 1. The lowest BCUT2D eigenvalue weighted by molar-refractivity contribution is 0.318. The second-order valence-electron chi connectivity index (χ2n) is 4.23. The third-order valence-electron chi connectivity index (χ3n) is 2.97. The van der Waals surface area contributed by atoms with Crippen molar-refractivity contribution in [2.75, 3.05) is 11.9 Å². The van der Waals surface area contributed by atoms with Crippen LogP contribution in [0.2, 0.25) is 0 Å². The lowest BCUT2D eigenvalue weighted by Crippen LogP contribution is -2.28. The number of amidine groups is 1. The van der Waals surface area contributed by atoms with Gasteiger partial charge in [-0.3, -0.25) is 4.79 Å². The van der Waals surface area contributed by atoms with E-state index in [-0.39, 0.29) is 17.2 Å². The summed E-state index contributed by atoms with van der Waals surface area (Å²) in [6.45, 7) is 0. The van der Waals surface area contributed by atoms with Crippen LogP contribution in [0.1, 0.15) is 5.56 Å². The quantitative estimate of drug-likeness (QED) is 0.370. The zero-order chi connectivity index (χ0) is 14.7. The number of hydrogen-bond acceptors (Lipinski definition) is 5. The number of aromatic nitrogens is 2. The molecule has 0 aliphatic carbocycles. The van der Waals surface area contributed by atoms with E-state index < -0.39 is 0 Å². The fourth-order valence-corrected chi connectivity index (χ4v) is 1.87. The Morgan fingerprint density at radius 2 is 2.15 bits per heavy atom. The van der Waals surface area contributed by atoms with E-state index in [1.54, 1.807) is 55.7 Å². The molecule has 0 fully saturated rings. The normalized spacial score (nSPS) is 11.4. The number of hydrogen-bond donors (Lipinski definition) is 2. The number of para-hydroxylation sites is 1. The van der Waals surface area contributed by atoms with Crippen LogP contribution >= 0.6 is 0 Å². The molecule has 2 rings (SSSR count). The molecule has 0 bridgehead atoms. The lowest BCUT2D eigenvalue weighted by atomic mass is 10.1. The molecule has 0 saturated heterocycles. The van der Waals surface area contributed by atoms with Crippen molar-refractivity contribution in [3.8, 4) is 0 Å². The summed E-state index contributed by atoms with van der Waals surface area (Å²) < 4.78 is 1.44. The van der Waals surface area contributed by atoms with Crippen LogP contribution in [0.4, 0.5) is 11.5 Å². The first-order valence-corrected chi connectivity index (χ1v) is 5.88. The van der Waals surface area contributed by atoms with Gasteiger partial charge in [0, 0.05) is 32.1 Å². The van der Waals surface area contributed by atoms with Gasteiger partial charge >= 0.3 is 0 Å². The summed E-state index contributed by atoms with van der Waals surface area (Å²) in [5.41, 5.74) is 6.56. The van der Waals surface area contributed by atoms with Crippen molar-refractivity contribution >= 4 is 17.3 Å². The average molecular weight is 273 g/mol. The summed E-state index contributed by atoms with van der Waals surface area (Å²) in [4.78, 5) is 17.8. The highest BCUT2D eigenvalue weighted by Crippen LogP contribution is 2.23. The van der Waals surface area contributed by atoms with E-state index in [9.17, 15) is 4.79 Å². The van der Waals surface area contributed by atoms with Gasteiger partial charge in [0.1, 0.15) is 0 Å². The van der Waals surface area contributed by atoms with Crippen molar-refractivity contribution in [3.05, 3.63) is 52.6 Å². The van der Waals surface area contributed by atoms with E-state index in [0.29, 0.717) is 11.3 Å². The van der Waals surface area contributed by atoms with Gasteiger partial charge in [-0.1, -0.05) is 17.3 Å². The number of nitrogens with zero attached hydrogens (tertiary/aromatic N) is 4. The largest absolute Gasteiger partial charge is 0.409 e. The summed E-state index contributed by atoms with van der Waals surface area (Å²) in [5, 5.41) is 11.8. The summed E-state index contributed by atoms with van der Waals surface area (Å²) in [6, 6.07) is 7.03. The third-order valence-corrected chi connectivity index (χ3v) is 2.97. The number of benzene rings is 1. The van der Waals surface area contributed by atoms with Crippen molar-refractivity contribution in [1.29, 1.82) is 0 Å². The molecular weight excluding hydrogens is 258 g/mol. The molecular formula is C13H15N5O2. The van der Waals surface area contributed by atoms with E-state index >= 15 is 0 Å².